The standard InChI is InChI=1S/C19H20N2O3/c1-24-18(23)20-11-10-19-13-4-2-3-5-14(13)21-16(22)9-7-12(17(19)21)6-8-15(19)20/h2-6,15,17H,7-11H2,1H3/t15-,17+,19-/m1/s1. The number of piperidine rings is 1. The number of amides is 2. The van der Waals surface area contributed by atoms with E-state index in [9.17, 15) is 9.59 Å². The van der Waals surface area contributed by atoms with Gasteiger partial charge in [0.25, 0.3) is 0 Å². The molecule has 0 saturated carbocycles. The number of likely N-dealkylation sites (tertiary alicyclic amines) is 1. The normalized spacial score (nSPS) is 32.9. The lowest BCUT2D eigenvalue weighted by molar-refractivity contribution is -0.119. The Hall–Kier alpha value is -2.30. The van der Waals surface area contributed by atoms with Gasteiger partial charge in [0.1, 0.15) is 0 Å². The number of hydrogen-bond donors (Lipinski definition) is 0. The van der Waals surface area contributed by atoms with Gasteiger partial charge in [-0.05, 0) is 36.5 Å². The van der Waals surface area contributed by atoms with Gasteiger partial charge in [-0.3, -0.25) is 4.79 Å². The van der Waals surface area contributed by atoms with Crippen LogP contribution in [-0.4, -0.2) is 42.6 Å². The second-order valence-corrected chi connectivity index (χ2v) is 7.17. The summed E-state index contributed by atoms with van der Waals surface area (Å²) in [5.41, 5.74) is 3.46. The van der Waals surface area contributed by atoms with Crippen LogP contribution in [0, 0.1) is 0 Å². The van der Waals surface area contributed by atoms with Crippen LogP contribution in [0.25, 0.3) is 0 Å². The van der Waals surface area contributed by atoms with Crippen LogP contribution in [0.3, 0.4) is 0 Å². The molecular weight excluding hydrogens is 304 g/mol. The first-order chi connectivity index (χ1) is 11.7. The summed E-state index contributed by atoms with van der Waals surface area (Å²) in [5.74, 6) is 0.207. The van der Waals surface area contributed by atoms with Crippen LogP contribution in [0.2, 0.25) is 0 Å². The molecule has 3 aliphatic heterocycles. The molecular formula is C19H20N2O3. The van der Waals surface area contributed by atoms with Crippen molar-refractivity contribution in [1.29, 1.82) is 0 Å². The molecule has 5 nitrogen and oxygen atoms in total. The Morgan fingerprint density at radius 3 is 2.96 bits per heavy atom. The molecule has 0 N–H and O–H groups in total. The van der Waals surface area contributed by atoms with E-state index in [2.05, 4.69) is 18.2 Å². The minimum atomic E-state index is -0.258. The number of hydrogen-bond acceptors (Lipinski definition) is 3. The molecule has 2 fully saturated rings. The van der Waals surface area contributed by atoms with Gasteiger partial charge in [-0.2, -0.15) is 0 Å². The third-order valence-corrected chi connectivity index (χ3v) is 6.41. The fourth-order valence-corrected chi connectivity index (χ4v) is 5.57. The third kappa shape index (κ3) is 1.46. The lowest BCUT2D eigenvalue weighted by Gasteiger charge is -2.47. The molecule has 5 rings (SSSR count). The Morgan fingerprint density at radius 1 is 1.29 bits per heavy atom. The summed E-state index contributed by atoms with van der Waals surface area (Å²) in [7, 11) is 1.44. The number of fused-ring (bicyclic) bond motifs is 2. The first kappa shape index (κ1) is 14.1. The maximum absolute atomic E-state index is 12.7. The van der Waals surface area contributed by atoms with Crippen molar-refractivity contribution >= 4 is 17.7 Å². The molecule has 0 radical (unpaired) electrons. The van der Waals surface area contributed by atoms with Crippen molar-refractivity contribution in [1.82, 2.24) is 4.90 Å². The van der Waals surface area contributed by atoms with E-state index in [1.807, 2.05) is 21.9 Å². The van der Waals surface area contributed by atoms with Crippen molar-refractivity contribution in [3.63, 3.8) is 0 Å². The van der Waals surface area contributed by atoms with Gasteiger partial charge in [0.15, 0.2) is 0 Å². The molecule has 1 spiro atoms. The smallest absolute Gasteiger partial charge is 0.409 e. The molecule has 4 aliphatic rings. The average molecular weight is 324 g/mol. The summed E-state index contributed by atoms with van der Waals surface area (Å²) in [5, 5.41) is 0. The van der Waals surface area contributed by atoms with E-state index in [4.69, 9.17) is 4.74 Å². The van der Waals surface area contributed by atoms with E-state index in [0.29, 0.717) is 13.0 Å². The molecule has 3 atom stereocenters. The number of carbonyl (C=O) groups excluding carboxylic acids is 2. The summed E-state index contributed by atoms with van der Waals surface area (Å²) in [6, 6.07) is 8.39. The summed E-state index contributed by atoms with van der Waals surface area (Å²) in [4.78, 5) is 28.9. The summed E-state index contributed by atoms with van der Waals surface area (Å²) >= 11 is 0. The lowest BCUT2D eigenvalue weighted by atomic mass is 9.63. The van der Waals surface area contributed by atoms with Gasteiger partial charge in [0, 0.05) is 24.1 Å². The molecule has 24 heavy (non-hydrogen) atoms. The number of benzene rings is 1. The van der Waals surface area contributed by atoms with Crippen LogP contribution in [0.1, 0.15) is 31.2 Å². The van der Waals surface area contributed by atoms with Crippen LogP contribution in [0.15, 0.2) is 35.9 Å². The first-order valence-electron chi connectivity index (χ1n) is 8.63. The van der Waals surface area contributed by atoms with Crippen molar-refractivity contribution in [2.24, 2.45) is 0 Å². The number of carbonyl (C=O) groups is 2. The van der Waals surface area contributed by atoms with Crippen LogP contribution < -0.4 is 4.90 Å². The molecule has 1 aromatic carbocycles. The number of ether oxygens (including phenoxy) is 1. The summed E-state index contributed by atoms with van der Waals surface area (Å²) in [6.45, 7) is 0.686. The molecule has 2 amide bonds. The zero-order valence-electron chi connectivity index (χ0n) is 13.7. The molecule has 3 heterocycles. The molecule has 124 valence electrons. The second kappa shape index (κ2) is 4.62. The van der Waals surface area contributed by atoms with Gasteiger partial charge in [-0.1, -0.05) is 24.3 Å². The van der Waals surface area contributed by atoms with Gasteiger partial charge in [-0.15, -0.1) is 0 Å². The number of anilines is 1. The van der Waals surface area contributed by atoms with Gasteiger partial charge in [-0.25, -0.2) is 4.79 Å². The van der Waals surface area contributed by atoms with Gasteiger partial charge >= 0.3 is 6.09 Å². The van der Waals surface area contributed by atoms with Crippen LogP contribution in [0.4, 0.5) is 10.5 Å². The van der Waals surface area contributed by atoms with Crippen LogP contribution in [-0.2, 0) is 14.9 Å². The van der Waals surface area contributed by atoms with E-state index >= 15 is 0 Å². The highest BCUT2D eigenvalue weighted by molar-refractivity contribution is 6.00. The number of nitrogens with zero attached hydrogens (tertiary/aromatic N) is 2. The van der Waals surface area contributed by atoms with E-state index < -0.39 is 0 Å². The van der Waals surface area contributed by atoms with Crippen molar-refractivity contribution in [3.8, 4) is 0 Å². The maximum atomic E-state index is 12.7. The average Bonchev–Trinajstić information content (AvgIpc) is 3.15. The Bertz CT molecular complexity index is 787. The van der Waals surface area contributed by atoms with E-state index in [1.165, 1.54) is 18.2 Å². The summed E-state index contributed by atoms with van der Waals surface area (Å²) < 4.78 is 5.02. The highest BCUT2D eigenvalue weighted by Crippen LogP contribution is 2.59. The second-order valence-electron chi connectivity index (χ2n) is 7.17. The van der Waals surface area contributed by atoms with Crippen molar-refractivity contribution in [3.05, 3.63) is 41.5 Å². The Balaban J connectivity index is 1.74. The van der Waals surface area contributed by atoms with Crippen LogP contribution in [0.5, 0.6) is 0 Å². The SMILES string of the molecule is COC(=O)N1CC[C@@]23c4ccccc4N4C(=O)CCC(=CC[C@@H]12)[C@H]43. The molecule has 0 bridgehead atoms. The Morgan fingerprint density at radius 2 is 2.12 bits per heavy atom. The van der Waals surface area contributed by atoms with Crippen molar-refractivity contribution < 1.29 is 14.3 Å². The van der Waals surface area contributed by atoms with E-state index in [-0.39, 0.29) is 29.5 Å². The fourth-order valence-electron chi connectivity index (χ4n) is 5.57. The van der Waals surface area contributed by atoms with Gasteiger partial charge < -0.3 is 14.5 Å². The van der Waals surface area contributed by atoms with E-state index in [0.717, 1.165) is 24.9 Å². The zero-order chi connectivity index (χ0) is 16.5. The van der Waals surface area contributed by atoms with Crippen LogP contribution >= 0.6 is 0 Å². The molecule has 0 aromatic heterocycles. The molecule has 1 aliphatic carbocycles. The van der Waals surface area contributed by atoms with E-state index in [1.54, 1.807) is 0 Å². The molecule has 1 aromatic rings. The largest absolute Gasteiger partial charge is 0.453 e. The quantitative estimate of drug-likeness (QED) is 0.689. The minimum Gasteiger partial charge on any atom is -0.453 e. The molecule has 2 saturated heterocycles. The highest BCUT2D eigenvalue weighted by Gasteiger charge is 2.64. The first-order valence-corrected chi connectivity index (χ1v) is 8.63. The fraction of sp³-hybridized carbons (Fsp3) is 0.474. The number of para-hydroxylation sites is 1. The third-order valence-electron chi connectivity index (χ3n) is 6.41. The monoisotopic (exact) mass is 324 g/mol. The molecule has 5 heteroatoms. The Labute approximate surface area is 140 Å². The van der Waals surface area contributed by atoms with Crippen molar-refractivity contribution in [2.45, 2.75) is 43.2 Å². The Kier molecular flexibility index (Phi) is 2.71. The number of methoxy groups -OCH3 is 1. The summed E-state index contributed by atoms with van der Waals surface area (Å²) in [6.07, 6.45) is 5.16. The predicted octanol–water partition coefficient (Wildman–Crippen LogP) is 2.60. The lowest BCUT2D eigenvalue weighted by Crippen LogP contribution is -2.58. The molecule has 0 unspecified atom stereocenters. The zero-order valence-corrected chi connectivity index (χ0v) is 13.7. The minimum absolute atomic E-state index is 0.0655. The maximum Gasteiger partial charge on any atom is 0.409 e. The van der Waals surface area contributed by atoms with Crippen molar-refractivity contribution in [2.75, 3.05) is 18.6 Å². The highest BCUT2D eigenvalue weighted by atomic mass is 16.5. The van der Waals surface area contributed by atoms with Gasteiger partial charge in [0.05, 0.1) is 19.2 Å². The predicted molar refractivity (Wildman–Crippen MR) is 88.8 cm³/mol. The van der Waals surface area contributed by atoms with Gasteiger partial charge in [0.2, 0.25) is 5.91 Å². The number of rotatable bonds is 0. The topological polar surface area (TPSA) is 49.9 Å².